The molecule has 2 rings (SSSR count). The highest BCUT2D eigenvalue weighted by atomic mass is 16.1. The SMILES string of the molecule is Cc1ccc(C)c(C(=O)Cn2nc(C)c(C)c(C#N)c2=O)c1. The molecule has 5 nitrogen and oxygen atoms in total. The molecule has 1 aromatic heterocycles. The minimum Gasteiger partial charge on any atom is -0.292 e. The van der Waals surface area contributed by atoms with Crippen LogP contribution in [0.25, 0.3) is 0 Å². The maximum Gasteiger partial charge on any atom is 0.285 e. The van der Waals surface area contributed by atoms with Gasteiger partial charge in [-0.1, -0.05) is 17.7 Å². The third kappa shape index (κ3) is 2.82. The third-order valence-corrected chi connectivity index (χ3v) is 3.74. The Balaban J connectivity index is 2.46. The van der Waals surface area contributed by atoms with Gasteiger partial charge in [-0.3, -0.25) is 9.59 Å². The zero-order valence-corrected chi connectivity index (χ0v) is 13.1. The van der Waals surface area contributed by atoms with E-state index in [0.29, 0.717) is 16.8 Å². The second-order valence-electron chi connectivity index (χ2n) is 5.40. The van der Waals surface area contributed by atoms with E-state index >= 15 is 0 Å². The number of aromatic nitrogens is 2. The van der Waals surface area contributed by atoms with Gasteiger partial charge in [-0.15, -0.1) is 0 Å². The van der Waals surface area contributed by atoms with E-state index in [0.717, 1.165) is 15.8 Å². The van der Waals surface area contributed by atoms with Gasteiger partial charge in [0.2, 0.25) is 0 Å². The summed E-state index contributed by atoms with van der Waals surface area (Å²) in [6.45, 7) is 6.99. The van der Waals surface area contributed by atoms with Crippen molar-refractivity contribution < 1.29 is 4.79 Å². The lowest BCUT2D eigenvalue weighted by Gasteiger charge is -2.10. The molecule has 0 N–H and O–H groups in total. The van der Waals surface area contributed by atoms with Crippen molar-refractivity contribution in [3.8, 4) is 6.07 Å². The van der Waals surface area contributed by atoms with Crippen LogP contribution in [-0.4, -0.2) is 15.6 Å². The van der Waals surface area contributed by atoms with Gasteiger partial charge in [0.1, 0.15) is 18.2 Å². The molecular formula is C17H17N3O2. The number of hydrogen-bond acceptors (Lipinski definition) is 4. The Labute approximate surface area is 128 Å². The lowest BCUT2D eigenvalue weighted by Crippen LogP contribution is -2.30. The smallest absolute Gasteiger partial charge is 0.285 e. The lowest BCUT2D eigenvalue weighted by molar-refractivity contribution is 0.0964. The number of ketones is 1. The molecule has 0 atom stereocenters. The molecule has 1 aromatic carbocycles. The molecule has 0 saturated heterocycles. The maximum atomic E-state index is 12.5. The molecule has 0 fully saturated rings. The fraction of sp³-hybridized carbons (Fsp3) is 0.294. The van der Waals surface area contributed by atoms with E-state index in [2.05, 4.69) is 5.10 Å². The van der Waals surface area contributed by atoms with E-state index in [1.54, 1.807) is 19.9 Å². The van der Waals surface area contributed by atoms with Crippen LogP contribution in [0.3, 0.4) is 0 Å². The minimum atomic E-state index is -0.524. The molecule has 2 aromatic rings. The second kappa shape index (κ2) is 5.94. The van der Waals surface area contributed by atoms with Crippen LogP contribution in [0.5, 0.6) is 0 Å². The van der Waals surface area contributed by atoms with Crippen LogP contribution in [-0.2, 0) is 6.54 Å². The number of rotatable bonds is 3. The molecule has 0 spiro atoms. The van der Waals surface area contributed by atoms with E-state index in [1.807, 2.05) is 32.0 Å². The number of Topliss-reactive ketones (excluding diaryl/α,β-unsaturated/α-hetero) is 1. The molecule has 1 heterocycles. The number of carbonyl (C=O) groups is 1. The largest absolute Gasteiger partial charge is 0.292 e. The quantitative estimate of drug-likeness (QED) is 0.814. The summed E-state index contributed by atoms with van der Waals surface area (Å²) in [6, 6.07) is 7.50. The standard InChI is InChI=1S/C17H17N3O2/c1-10-5-6-11(2)14(7-10)16(21)9-20-17(22)15(8-18)12(3)13(4)19-20/h5-7H,9H2,1-4H3. The summed E-state index contributed by atoms with van der Waals surface area (Å²) in [7, 11) is 0. The number of aryl methyl sites for hydroxylation is 3. The van der Waals surface area contributed by atoms with Crippen molar-refractivity contribution >= 4 is 5.78 Å². The van der Waals surface area contributed by atoms with Crippen molar-refractivity contribution in [3.05, 3.63) is 62.1 Å². The molecule has 0 aliphatic carbocycles. The van der Waals surface area contributed by atoms with Gasteiger partial charge in [-0.05, 0) is 44.9 Å². The Morgan fingerprint density at radius 3 is 2.59 bits per heavy atom. The molecule has 112 valence electrons. The Hall–Kier alpha value is -2.74. The predicted molar refractivity (Wildman–Crippen MR) is 82.9 cm³/mol. The summed E-state index contributed by atoms with van der Waals surface area (Å²) in [4.78, 5) is 24.7. The monoisotopic (exact) mass is 295 g/mol. The van der Waals surface area contributed by atoms with E-state index in [1.165, 1.54) is 0 Å². The number of benzene rings is 1. The minimum absolute atomic E-state index is 0.0428. The molecular weight excluding hydrogens is 278 g/mol. The fourth-order valence-corrected chi connectivity index (χ4v) is 2.27. The highest BCUT2D eigenvalue weighted by Gasteiger charge is 2.16. The zero-order valence-electron chi connectivity index (χ0n) is 13.1. The molecule has 0 amide bonds. The maximum absolute atomic E-state index is 12.5. The normalized spacial score (nSPS) is 10.3. The first-order valence-electron chi connectivity index (χ1n) is 6.94. The Bertz CT molecular complexity index is 857. The van der Waals surface area contributed by atoms with Crippen LogP contribution in [0.1, 0.15) is 38.3 Å². The molecule has 0 unspecified atom stereocenters. The van der Waals surface area contributed by atoms with Crippen molar-refractivity contribution in [2.45, 2.75) is 34.2 Å². The van der Waals surface area contributed by atoms with Crippen LogP contribution in [0.15, 0.2) is 23.0 Å². The average molecular weight is 295 g/mol. The van der Waals surface area contributed by atoms with Gasteiger partial charge in [0.25, 0.3) is 5.56 Å². The van der Waals surface area contributed by atoms with Gasteiger partial charge < -0.3 is 0 Å². The summed E-state index contributed by atoms with van der Waals surface area (Å²) in [5, 5.41) is 13.2. The summed E-state index contributed by atoms with van der Waals surface area (Å²) >= 11 is 0. The van der Waals surface area contributed by atoms with Crippen LogP contribution < -0.4 is 5.56 Å². The van der Waals surface area contributed by atoms with Crippen molar-refractivity contribution in [3.63, 3.8) is 0 Å². The van der Waals surface area contributed by atoms with Gasteiger partial charge >= 0.3 is 0 Å². The van der Waals surface area contributed by atoms with Crippen LogP contribution in [0, 0.1) is 39.0 Å². The average Bonchev–Trinajstić information content (AvgIpc) is 2.47. The number of carbonyl (C=O) groups excluding carboxylic acids is 1. The topological polar surface area (TPSA) is 75.8 Å². The number of hydrogen-bond donors (Lipinski definition) is 0. The van der Waals surface area contributed by atoms with Gasteiger partial charge in [-0.25, -0.2) is 4.68 Å². The summed E-state index contributed by atoms with van der Waals surface area (Å²) in [5.74, 6) is -0.192. The molecule has 22 heavy (non-hydrogen) atoms. The first-order chi connectivity index (χ1) is 10.3. The van der Waals surface area contributed by atoms with Gasteiger partial charge in [0.05, 0.1) is 5.69 Å². The van der Waals surface area contributed by atoms with E-state index in [9.17, 15) is 9.59 Å². The van der Waals surface area contributed by atoms with Crippen molar-refractivity contribution in [1.29, 1.82) is 5.26 Å². The molecule has 0 radical (unpaired) electrons. The summed E-state index contributed by atoms with van der Waals surface area (Å²) in [5.41, 5.74) is 3.06. The zero-order chi connectivity index (χ0) is 16.4. The van der Waals surface area contributed by atoms with Gasteiger partial charge in [0, 0.05) is 5.56 Å². The van der Waals surface area contributed by atoms with E-state index in [4.69, 9.17) is 5.26 Å². The highest BCUT2D eigenvalue weighted by Crippen LogP contribution is 2.12. The van der Waals surface area contributed by atoms with Crippen LogP contribution in [0.4, 0.5) is 0 Å². The number of nitrogens with zero attached hydrogens (tertiary/aromatic N) is 3. The van der Waals surface area contributed by atoms with Gasteiger partial charge in [0.15, 0.2) is 5.78 Å². The van der Waals surface area contributed by atoms with Crippen molar-refractivity contribution in [1.82, 2.24) is 9.78 Å². The van der Waals surface area contributed by atoms with Crippen LogP contribution in [0.2, 0.25) is 0 Å². The first kappa shape index (κ1) is 15.6. The van der Waals surface area contributed by atoms with Crippen LogP contribution >= 0.6 is 0 Å². The molecule has 0 aliphatic heterocycles. The Morgan fingerprint density at radius 1 is 1.27 bits per heavy atom. The first-order valence-corrected chi connectivity index (χ1v) is 6.94. The van der Waals surface area contributed by atoms with E-state index < -0.39 is 5.56 Å². The Kier molecular flexibility index (Phi) is 4.22. The Morgan fingerprint density at radius 2 is 1.95 bits per heavy atom. The van der Waals surface area contributed by atoms with Crippen molar-refractivity contribution in [2.24, 2.45) is 0 Å². The lowest BCUT2D eigenvalue weighted by atomic mass is 10.0. The summed E-state index contributed by atoms with van der Waals surface area (Å²) < 4.78 is 1.07. The number of nitriles is 1. The molecule has 0 bridgehead atoms. The predicted octanol–water partition coefficient (Wildman–Crippen LogP) is 2.23. The van der Waals surface area contributed by atoms with Crippen molar-refractivity contribution in [2.75, 3.05) is 0 Å². The molecule has 0 saturated carbocycles. The van der Waals surface area contributed by atoms with Gasteiger partial charge in [-0.2, -0.15) is 10.4 Å². The third-order valence-electron chi connectivity index (χ3n) is 3.74. The van der Waals surface area contributed by atoms with E-state index in [-0.39, 0.29) is 17.9 Å². The highest BCUT2D eigenvalue weighted by molar-refractivity contribution is 5.97. The molecule has 5 heteroatoms. The second-order valence-corrected chi connectivity index (χ2v) is 5.40. The fourth-order valence-electron chi connectivity index (χ4n) is 2.27. The molecule has 0 aliphatic rings. The summed E-state index contributed by atoms with van der Waals surface area (Å²) in [6.07, 6.45) is 0.